The van der Waals surface area contributed by atoms with E-state index in [1.54, 1.807) is 0 Å². The fourth-order valence-electron chi connectivity index (χ4n) is 2.18. The molecule has 20 heavy (non-hydrogen) atoms. The Bertz CT molecular complexity index is 433. The average molecular weight is 293 g/mol. The Morgan fingerprint density at radius 1 is 1.40 bits per heavy atom. The summed E-state index contributed by atoms with van der Waals surface area (Å²) in [5.74, 6) is 1.78. The van der Waals surface area contributed by atoms with Gasteiger partial charge >= 0.3 is 5.97 Å². The van der Waals surface area contributed by atoms with Crippen LogP contribution in [0, 0.1) is 0 Å². The molecule has 1 saturated carbocycles. The van der Waals surface area contributed by atoms with E-state index >= 15 is 0 Å². The smallest absolute Gasteiger partial charge is 0.325 e. The number of thioether (sulfide) groups is 1. The molecule has 1 aromatic rings. The second-order valence-electron chi connectivity index (χ2n) is 5.53. The van der Waals surface area contributed by atoms with Crippen molar-refractivity contribution in [2.24, 2.45) is 0 Å². The molecule has 1 atom stereocenters. The van der Waals surface area contributed by atoms with E-state index in [2.05, 4.69) is 29.6 Å². The maximum atomic E-state index is 12.0. The van der Waals surface area contributed by atoms with Crippen molar-refractivity contribution in [2.75, 3.05) is 12.9 Å². The molecule has 1 N–H and O–H groups in total. The summed E-state index contributed by atoms with van der Waals surface area (Å²) >= 11 is 1.86. The summed E-state index contributed by atoms with van der Waals surface area (Å²) in [7, 11) is 1.46. The molecule has 0 bridgehead atoms. The maximum absolute atomic E-state index is 12.0. The maximum Gasteiger partial charge on any atom is 0.325 e. The summed E-state index contributed by atoms with van der Waals surface area (Å²) in [6.07, 6.45) is 3.14. The van der Waals surface area contributed by atoms with Gasteiger partial charge in [-0.1, -0.05) is 30.3 Å². The van der Waals surface area contributed by atoms with Crippen LogP contribution in [0.1, 0.15) is 31.7 Å². The molecule has 0 saturated heterocycles. The Morgan fingerprint density at radius 3 is 2.70 bits per heavy atom. The van der Waals surface area contributed by atoms with Crippen molar-refractivity contribution in [2.45, 2.75) is 43.5 Å². The summed E-state index contributed by atoms with van der Waals surface area (Å²) in [5.41, 5.74) is 0.784. The van der Waals surface area contributed by atoms with E-state index in [0.29, 0.717) is 6.04 Å². The van der Waals surface area contributed by atoms with Crippen molar-refractivity contribution in [1.82, 2.24) is 5.32 Å². The lowest BCUT2D eigenvalue weighted by atomic mass is 9.99. The zero-order valence-corrected chi connectivity index (χ0v) is 13.0. The fourth-order valence-corrected chi connectivity index (χ4v) is 3.30. The van der Waals surface area contributed by atoms with Gasteiger partial charge in [-0.05, 0) is 37.5 Å². The minimum atomic E-state index is -0.542. The molecular formula is C16H23NO2S. The highest BCUT2D eigenvalue weighted by Gasteiger charge is 2.38. The largest absolute Gasteiger partial charge is 0.468 e. The number of benzene rings is 1. The standard InChI is InChI=1S/C16H23NO2S/c1-16(15(18)19-2,17-14-8-9-14)10-11-20-12-13-6-4-3-5-7-13/h3-7,14,17H,8-12H2,1-2H3. The molecule has 1 aliphatic rings. The third kappa shape index (κ3) is 4.53. The topological polar surface area (TPSA) is 38.3 Å². The molecule has 2 rings (SSSR count). The number of hydrogen-bond acceptors (Lipinski definition) is 4. The monoisotopic (exact) mass is 293 g/mol. The highest BCUT2D eigenvalue weighted by atomic mass is 32.2. The van der Waals surface area contributed by atoms with Crippen LogP contribution in [0.15, 0.2) is 30.3 Å². The predicted octanol–water partition coefficient (Wildman–Crippen LogP) is 2.99. The van der Waals surface area contributed by atoms with Gasteiger partial charge in [0, 0.05) is 11.8 Å². The Balaban J connectivity index is 1.78. The average Bonchev–Trinajstić information content (AvgIpc) is 3.27. The summed E-state index contributed by atoms with van der Waals surface area (Å²) < 4.78 is 4.95. The summed E-state index contributed by atoms with van der Waals surface area (Å²) in [5, 5.41) is 3.43. The summed E-state index contributed by atoms with van der Waals surface area (Å²) in [6.45, 7) is 1.96. The zero-order valence-electron chi connectivity index (χ0n) is 12.2. The Kier molecular flexibility index (Phi) is 5.49. The van der Waals surface area contributed by atoms with Gasteiger partial charge in [-0.15, -0.1) is 0 Å². The number of ether oxygens (including phenoxy) is 1. The molecule has 0 amide bonds. The predicted molar refractivity (Wildman–Crippen MR) is 83.8 cm³/mol. The Labute approximate surface area is 125 Å². The van der Waals surface area contributed by atoms with Gasteiger partial charge in [0.25, 0.3) is 0 Å². The van der Waals surface area contributed by atoms with E-state index in [1.807, 2.05) is 24.8 Å². The number of methoxy groups -OCH3 is 1. The van der Waals surface area contributed by atoms with E-state index in [-0.39, 0.29) is 5.97 Å². The van der Waals surface area contributed by atoms with Crippen LogP contribution < -0.4 is 5.32 Å². The molecule has 0 aliphatic heterocycles. The highest BCUT2D eigenvalue weighted by Crippen LogP contribution is 2.26. The van der Waals surface area contributed by atoms with E-state index in [9.17, 15) is 4.79 Å². The lowest BCUT2D eigenvalue weighted by molar-refractivity contribution is -0.148. The van der Waals surface area contributed by atoms with Crippen LogP contribution >= 0.6 is 11.8 Å². The van der Waals surface area contributed by atoms with Gasteiger partial charge in [-0.2, -0.15) is 11.8 Å². The van der Waals surface area contributed by atoms with Crippen molar-refractivity contribution >= 4 is 17.7 Å². The van der Waals surface area contributed by atoms with Crippen LogP contribution in [-0.2, 0) is 15.3 Å². The summed E-state index contributed by atoms with van der Waals surface area (Å²) in [6, 6.07) is 10.9. The molecule has 1 aromatic carbocycles. The van der Waals surface area contributed by atoms with Crippen LogP contribution in [0.4, 0.5) is 0 Å². The molecule has 0 heterocycles. The molecule has 0 aromatic heterocycles. The number of esters is 1. The molecular weight excluding hydrogens is 270 g/mol. The first-order valence-electron chi connectivity index (χ1n) is 7.12. The second-order valence-corrected chi connectivity index (χ2v) is 6.64. The second kappa shape index (κ2) is 7.14. The molecule has 0 spiro atoms. The van der Waals surface area contributed by atoms with Gasteiger partial charge in [0.05, 0.1) is 7.11 Å². The normalized spacial score (nSPS) is 17.5. The number of hydrogen-bond donors (Lipinski definition) is 1. The van der Waals surface area contributed by atoms with Crippen LogP contribution in [0.2, 0.25) is 0 Å². The number of nitrogens with one attached hydrogen (secondary N) is 1. The SMILES string of the molecule is COC(=O)C(C)(CCSCc1ccccc1)NC1CC1. The Hall–Kier alpha value is -1.00. The lowest BCUT2D eigenvalue weighted by Gasteiger charge is -2.28. The van der Waals surface area contributed by atoms with Crippen LogP contribution in [0.25, 0.3) is 0 Å². The van der Waals surface area contributed by atoms with Crippen LogP contribution in [-0.4, -0.2) is 30.4 Å². The van der Waals surface area contributed by atoms with Gasteiger partial charge in [0.2, 0.25) is 0 Å². The van der Waals surface area contributed by atoms with Crippen molar-refractivity contribution in [3.8, 4) is 0 Å². The zero-order chi connectivity index (χ0) is 14.4. The third-order valence-corrected chi connectivity index (χ3v) is 4.62. The van der Waals surface area contributed by atoms with E-state index in [4.69, 9.17) is 4.74 Å². The van der Waals surface area contributed by atoms with Crippen LogP contribution in [0.5, 0.6) is 0 Å². The number of carbonyl (C=O) groups is 1. The van der Waals surface area contributed by atoms with E-state index in [1.165, 1.54) is 25.5 Å². The molecule has 4 heteroatoms. The molecule has 3 nitrogen and oxygen atoms in total. The Morgan fingerprint density at radius 2 is 2.10 bits per heavy atom. The van der Waals surface area contributed by atoms with Crippen molar-refractivity contribution in [1.29, 1.82) is 0 Å². The van der Waals surface area contributed by atoms with Gasteiger partial charge < -0.3 is 4.74 Å². The van der Waals surface area contributed by atoms with Crippen molar-refractivity contribution < 1.29 is 9.53 Å². The van der Waals surface area contributed by atoms with Gasteiger partial charge in [-0.25, -0.2) is 0 Å². The van der Waals surface area contributed by atoms with E-state index in [0.717, 1.165) is 17.9 Å². The first kappa shape index (κ1) is 15.4. The molecule has 0 radical (unpaired) electrons. The van der Waals surface area contributed by atoms with Crippen molar-refractivity contribution in [3.63, 3.8) is 0 Å². The highest BCUT2D eigenvalue weighted by molar-refractivity contribution is 7.98. The molecule has 1 aliphatic carbocycles. The fraction of sp³-hybridized carbons (Fsp3) is 0.562. The van der Waals surface area contributed by atoms with Gasteiger partial charge in [-0.3, -0.25) is 10.1 Å². The quantitative estimate of drug-likeness (QED) is 0.591. The minimum Gasteiger partial charge on any atom is -0.468 e. The van der Waals surface area contributed by atoms with Crippen LogP contribution in [0.3, 0.4) is 0 Å². The first-order valence-corrected chi connectivity index (χ1v) is 8.27. The number of carbonyl (C=O) groups excluding carboxylic acids is 1. The van der Waals surface area contributed by atoms with E-state index < -0.39 is 5.54 Å². The van der Waals surface area contributed by atoms with Gasteiger partial charge in [0.15, 0.2) is 0 Å². The number of rotatable bonds is 8. The first-order chi connectivity index (χ1) is 9.64. The lowest BCUT2D eigenvalue weighted by Crippen LogP contribution is -2.51. The third-order valence-electron chi connectivity index (χ3n) is 3.59. The molecule has 1 unspecified atom stereocenters. The van der Waals surface area contributed by atoms with Gasteiger partial charge in [0.1, 0.15) is 5.54 Å². The summed E-state index contributed by atoms with van der Waals surface area (Å²) in [4.78, 5) is 12.0. The molecule has 1 fully saturated rings. The minimum absolute atomic E-state index is 0.148. The van der Waals surface area contributed by atoms with Crippen molar-refractivity contribution in [3.05, 3.63) is 35.9 Å². The molecule has 110 valence electrons.